The van der Waals surface area contributed by atoms with Gasteiger partial charge in [0, 0.05) is 44.5 Å². The Hall–Kier alpha value is -2.62. The van der Waals surface area contributed by atoms with Crippen molar-refractivity contribution in [3.8, 4) is 0 Å². The molecule has 1 aromatic carbocycles. The number of benzene rings is 1. The first kappa shape index (κ1) is 24.0. The first-order valence-corrected chi connectivity index (χ1v) is 11.1. The summed E-state index contributed by atoms with van der Waals surface area (Å²) >= 11 is 0. The second-order valence-electron chi connectivity index (χ2n) is 8.05. The van der Waals surface area contributed by atoms with Crippen molar-refractivity contribution in [1.82, 2.24) is 10.2 Å². The number of rotatable bonds is 13. The molecule has 0 saturated carbocycles. The topological polar surface area (TPSA) is 128 Å². The van der Waals surface area contributed by atoms with Crippen molar-refractivity contribution < 1.29 is 28.7 Å². The van der Waals surface area contributed by atoms with Gasteiger partial charge < -0.3 is 20.1 Å². The van der Waals surface area contributed by atoms with Crippen molar-refractivity contribution in [2.24, 2.45) is 5.73 Å². The van der Waals surface area contributed by atoms with Crippen LogP contribution in [-0.2, 0) is 36.8 Å². The van der Waals surface area contributed by atoms with Gasteiger partial charge in [-0.1, -0.05) is 12.1 Å². The Balaban J connectivity index is 1.41. The molecular weight excluding hydrogens is 414 g/mol. The molecule has 1 fully saturated rings. The van der Waals surface area contributed by atoms with Crippen molar-refractivity contribution >= 4 is 23.5 Å². The minimum atomic E-state index is -0.618. The van der Waals surface area contributed by atoms with E-state index in [-0.39, 0.29) is 24.0 Å². The van der Waals surface area contributed by atoms with Gasteiger partial charge in [0.25, 0.3) is 5.91 Å². The third-order valence-corrected chi connectivity index (χ3v) is 5.66. The number of carbonyl (C=O) groups is 4. The molecule has 3 rings (SSSR count). The standard InChI is InChI=1S/C23H31N3O6/c24-9-11-32-13-12-31-10-1-2-18(27)5-3-16-4-6-19-17(14-16)15-26(23(19)30)20-7-8-21(28)25-22(20)29/h4,6,14,20H,1-3,5,7-13,15,24H2,(H,25,28,29). The normalized spacial score (nSPS) is 18.1. The zero-order chi connectivity index (χ0) is 22.9. The molecule has 0 spiro atoms. The van der Waals surface area contributed by atoms with Crippen molar-refractivity contribution in [3.05, 3.63) is 34.9 Å². The van der Waals surface area contributed by atoms with Crippen LogP contribution in [0.1, 0.15) is 53.6 Å². The van der Waals surface area contributed by atoms with Gasteiger partial charge in [-0.15, -0.1) is 0 Å². The van der Waals surface area contributed by atoms with Gasteiger partial charge in [0.2, 0.25) is 11.8 Å². The number of imide groups is 1. The maximum absolute atomic E-state index is 12.7. The van der Waals surface area contributed by atoms with Gasteiger partial charge in [-0.05, 0) is 36.5 Å². The molecule has 0 aliphatic carbocycles. The highest BCUT2D eigenvalue weighted by Gasteiger charge is 2.39. The van der Waals surface area contributed by atoms with E-state index in [0.717, 1.165) is 11.1 Å². The molecular formula is C23H31N3O6. The smallest absolute Gasteiger partial charge is 0.255 e. The first-order valence-electron chi connectivity index (χ1n) is 11.1. The number of hydrogen-bond acceptors (Lipinski definition) is 7. The zero-order valence-corrected chi connectivity index (χ0v) is 18.3. The van der Waals surface area contributed by atoms with E-state index in [1.54, 1.807) is 6.07 Å². The summed E-state index contributed by atoms with van der Waals surface area (Å²) in [5.74, 6) is -0.731. The summed E-state index contributed by atoms with van der Waals surface area (Å²) in [7, 11) is 0. The number of ketones is 1. The van der Waals surface area contributed by atoms with Crippen LogP contribution in [0, 0.1) is 0 Å². The molecule has 0 aromatic heterocycles. The Kier molecular flexibility index (Phi) is 8.90. The third-order valence-electron chi connectivity index (χ3n) is 5.66. The lowest BCUT2D eigenvalue weighted by Gasteiger charge is -2.29. The lowest BCUT2D eigenvalue weighted by Crippen LogP contribution is -2.52. The van der Waals surface area contributed by atoms with Crippen LogP contribution in [0.4, 0.5) is 0 Å². The molecule has 32 heavy (non-hydrogen) atoms. The van der Waals surface area contributed by atoms with E-state index < -0.39 is 11.9 Å². The van der Waals surface area contributed by atoms with Crippen molar-refractivity contribution in [1.29, 1.82) is 0 Å². The predicted octanol–water partition coefficient (Wildman–Crippen LogP) is 0.721. The Morgan fingerprint density at radius 2 is 1.88 bits per heavy atom. The Morgan fingerprint density at radius 1 is 1.09 bits per heavy atom. The van der Waals surface area contributed by atoms with Crippen LogP contribution in [0.2, 0.25) is 0 Å². The van der Waals surface area contributed by atoms with Crippen LogP contribution in [-0.4, -0.2) is 67.4 Å². The summed E-state index contributed by atoms with van der Waals surface area (Å²) < 4.78 is 10.6. The largest absolute Gasteiger partial charge is 0.379 e. The summed E-state index contributed by atoms with van der Waals surface area (Å²) in [5.41, 5.74) is 7.75. The number of aryl methyl sites for hydroxylation is 1. The maximum atomic E-state index is 12.7. The Labute approximate surface area is 187 Å². The zero-order valence-electron chi connectivity index (χ0n) is 18.3. The molecule has 0 bridgehead atoms. The van der Waals surface area contributed by atoms with Crippen molar-refractivity contribution in [2.75, 3.05) is 33.0 Å². The fourth-order valence-electron chi connectivity index (χ4n) is 3.97. The Morgan fingerprint density at radius 3 is 2.62 bits per heavy atom. The maximum Gasteiger partial charge on any atom is 0.255 e. The summed E-state index contributed by atoms with van der Waals surface area (Å²) in [4.78, 5) is 49.9. The van der Waals surface area contributed by atoms with E-state index in [4.69, 9.17) is 15.2 Å². The number of fused-ring (bicyclic) bond motifs is 1. The molecule has 1 aromatic rings. The number of Topliss-reactive ketones (excluding diaryl/α,β-unsaturated/α-hetero) is 1. The molecule has 0 radical (unpaired) electrons. The molecule has 1 atom stereocenters. The molecule has 2 aliphatic rings. The molecule has 3 N–H and O–H groups in total. The van der Waals surface area contributed by atoms with Crippen molar-refractivity contribution in [2.45, 2.75) is 51.1 Å². The lowest BCUT2D eigenvalue weighted by atomic mass is 10.0. The van der Waals surface area contributed by atoms with E-state index in [0.29, 0.717) is 77.2 Å². The average molecular weight is 446 g/mol. The number of nitrogens with zero attached hydrogens (tertiary/aromatic N) is 1. The van der Waals surface area contributed by atoms with Crippen LogP contribution in [0.5, 0.6) is 0 Å². The van der Waals surface area contributed by atoms with Gasteiger partial charge >= 0.3 is 0 Å². The lowest BCUT2D eigenvalue weighted by molar-refractivity contribution is -0.137. The molecule has 9 nitrogen and oxygen atoms in total. The summed E-state index contributed by atoms with van der Waals surface area (Å²) in [6.45, 7) is 2.88. The first-order chi connectivity index (χ1) is 15.5. The highest BCUT2D eigenvalue weighted by Crippen LogP contribution is 2.28. The van der Waals surface area contributed by atoms with Gasteiger partial charge in [0.15, 0.2) is 0 Å². The average Bonchev–Trinajstić information content (AvgIpc) is 3.09. The quantitative estimate of drug-likeness (QED) is 0.338. The number of piperidine rings is 1. The number of nitrogens with one attached hydrogen (secondary N) is 1. The number of amides is 3. The van der Waals surface area contributed by atoms with E-state index in [1.807, 2.05) is 12.1 Å². The monoisotopic (exact) mass is 445 g/mol. The van der Waals surface area contributed by atoms with Crippen LogP contribution in [0.15, 0.2) is 18.2 Å². The van der Waals surface area contributed by atoms with E-state index in [9.17, 15) is 19.2 Å². The van der Waals surface area contributed by atoms with Crippen molar-refractivity contribution in [3.63, 3.8) is 0 Å². The number of hydrogen-bond donors (Lipinski definition) is 2. The summed E-state index contributed by atoms with van der Waals surface area (Å²) in [5, 5.41) is 2.30. The van der Waals surface area contributed by atoms with Gasteiger partial charge in [-0.2, -0.15) is 0 Å². The number of nitrogens with two attached hydrogens (primary N) is 1. The summed E-state index contributed by atoms with van der Waals surface area (Å²) in [6.07, 6.45) is 2.76. The van der Waals surface area contributed by atoms with Crippen LogP contribution >= 0.6 is 0 Å². The number of carbonyl (C=O) groups excluding carboxylic acids is 4. The Bertz CT molecular complexity index is 856. The molecule has 2 aliphatic heterocycles. The SMILES string of the molecule is NCCOCCOCCCC(=O)CCc1ccc2c(c1)CN(C1CCC(=O)NC1=O)C2=O. The van der Waals surface area contributed by atoms with E-state index in [1.165, 1.54) is 4.90 Å². The third kappa shape index (κ3) is 6.44. The van der Waals surface area contributed by atoms with Crippen LogP contribution < -0.4 is 11.1 Å². The predicted molar refractivity (Wildman–Crippen MR) is 116 cm³/mol. The molecule has 3 amide bonds. The molecule has 174 valence electrons. The van der Waals surface area contributed by atoms with Gasteiger partial charge in [-0.3, -0.25) is 24.5 Å². The molecule has 1 saturated heterocycles. The highest BCUT2D eigenvalue weighted by atomic mass is 16.5. The highest BCUT2D eigenvalue weighted by molar-refractivity contribution is 6.05. The summed E-state index contributed by atoms with van der Waals surface area (Å²) in [6, 6.07) is 4.95. The van der Waals surface area contributed by atoms with E-state index in [2.05, 4.69) is 5.32 Å². The second-order valence-corrected chi connectivity index (χ2v) is 8.05. The van der Waals surface area contributed by atoms with Gasteiger partial charge in [0.05, 0.1) is 19.8 Å². The molecule has 2 heterocycles. The number of ether oxygens (including phenoxy) is 2. The van der Waals surface area contributed by atoms with Crippen LogP contribution in [0.25, 0.3) is 0 Å². The van der Waals surface area contributed by atoms with Crippen LogP contribution in [0.3, 0.4) is 0 Å². The minimum absolute atomic E-state index is 0.176. The molecule has 9 heteroatoms. The van der Waals surface area contributed by atoms with E-state index >= 15 is 0 Å². The fourth-order valence-corrected chi connectivity index (χ4v) is 3.97. The van der Waals surface area contributed by atoms with Gasteiger partial charge in [-0.25, -0.2) is 0 Å². The fraction of sp³-hybridized carbons (Fsp3) is 0.565. The second kappa shape index (κ2) is 11.8. The molecule has 1 unspecified atom stereocenters. The minimum Gasteiger partial charge on any atom is -0.379 e. The van der Waals surface area contributed by atoms with Gasteiger partial charge in [0.1, 0.15) is 11.8 Å².